The molecule has 4 rings (SSSR count). The minimum absolute atomic E-state index is 0.258. The van der Waals surface area contributed by atoms with Crippen LogP contribution in [0.2, 0.25) is 0 Å². The normalized spacial score (nSPS) is 11.3. The van der Waals surface area contributed by atoms with Gasteiger partial charge < -0.3 is 14.8 Å². The fourth-order valence-corrected chi connectivity index (χ4v) is 3.43. The predicted octanol–water partition coefficient (Wildman–Crippen LogP) is 4.59. The highest BCUT2D eigenvalue weighted by atomic mass is 19.1. The molecule has 0 spiro atoms. The molecule has 0 fully saturated rings. The van der Waals surface area contributed by atoms with Crippen molar-refractivity contribution in [3.63, 3.8) is 0 Å². The van der Waals surface area contributed by atoms with Crippen molar-refractivity contribution < 1.29 is 4.39 Å². The first kappa shape index (κ1) is 19.1. The van der Waals surface area contributed by atoms with Crippen molar-refractivity contribution in [2.75, 3.05) is 32.5 Å². The number of benzene rings is 2. The number of anilines is 1. The second-order valence-electron chi connectivity index (χ2n) is 7.26. The molecular weight excluding hydrogens is 365 g/mol. The Labute approximate surface area is 169 Å². The fraction of sp³-hybridized carbons (Fsp3) is 0.217. The zero-order valence-electron chi connectivity index (χ0n) is 16.6. The molecular formula is C23H24FN5. The lowest BCUT2D eigenvalue weighted by Crippen LogP contribution is -2.16. The highest BCUT2D eigenvalue weighted by molar-refractivity contribution is 6.02. The molecule has 0 saturated carbocycles. The summed E-state index contributed by atoms with van der Waals surface area (Å²) in [5, 5.41) is 4.44. The number of halogens is 1. The van der Waals surface area contributed by atoms with E-state index in [-0.39, 0.29) is 5.82 Å². The van der Waals surface area contributed by atoms with Gasteiger partial charge in [0, 0.05) is 24.0 Å². The smallest absolute Gasteiger partial charge is 0.150 e. The van der Waals surface area contributed by atoms with Crippen molar-refractivity contribution in [3.05, 3.63) is 72.9 Å². The van der Waals surface area contributed by atoms with Crippen LogP contribution in [0.15, 0.2) is 67.1 Å². The molecule has 6 heteroatoms. The van der Waals surface area contributed by atoms with Crippen molar-refractivity contribution in [2.45, 2.75) is 6.42 Å². The average molecular weight is 389 g/mol. The molecule has 0 bridgehead atoms. The van der Waals surface area contributed by atoms with E-state index in [9.17, 15) is 4.39 Å². The Morgan fingerprint density at radius 3 is 2.48 bits per heavy atom. The third-order valence-electron chi connectivity index (χ3n) is 4.85. The summed E-state index contributed by atoms with van der Waals surface area (Å²) in [5.41, 5.74) is 3.78. The van der Waals surface area contributed by atoms with Gasteiger partial charge in [0.2, 0.25) is 0 Å². The zero-order chi connectivity index (χ0) is 20.2. The summed E-state index contributed by atoms with van der Waals surface area (Å²) in [6.07, 6.45) is 4.64. The standard InChI is InChI=1S/C23H24FN5/c1-28(2)14-6-13-25-22-21-20(17-7-4-3-5-8-17)15-29(23(21)27-16-26-22)19-11-9-18(24)10-12-19/h3-5,7-12,15-16H,6,13-14H2,1-2H3,(H,25,26,27). The Morgan fingerprint density at radius 1 is 1.00 bits per heavy atom. The highest BCUT2D eigenvalue weighted by Crippen LogP contribution is 2.35. The van der Waals surface area contributed by atoms with Gasteiger partial charge in [0.25, 0.3) is 0 Å². The lowest BCUT2D eigenvalue weighted by atomic mass is 10.1. The van der Waals surface area contributed by atoms with Crippen LogP contribution < -0.4 is 5.32 Å². The Balaban J connectivity index is 1.81. The van der Waals surface area contributed by atoms with Crippen LogP contribution in [0.1, 0.15) is 6.42 Å². The Morgan fingerprint density at radius 2 is 1.76 bits per heavy atom. The predicted molar refractivity (Wildman–Crippen MR) is 116 cm³/mol. The molecule has 2 aromatic carbocycles. The summed E-state index contributed by atoms with van der Waals surface area (Å²) in [7, 11) is 4.14. The lowest BCUT2D eigenvalue weighted by molar-refractivity contribution is 0.405. The average Bonchev–Trinajstić information content (AvgIpc) is 3.13. The summed E-state index contributed by atoms with van der Waals surface area (Å²) in [6, 6.07) is 16.6. The van der Waals surface area contributed by atoms with Crippen LogP contribution in [0.3, 0.4) is 0 Å². The lowest BCUT2D eigenvalue weighted by Gasteiger charge is -2.11. The van der Waals surface area contributed by atoms with Gasteiger partial charge in [0.05, 0.1) is 5.39 Å². The van der Waals surface area contributed by atoms with E-state index >= 15 is 0 Å². The largest absolute Gasteiger partial charge is 0.369 e. The molecule has 0 unspecified atom stereocenters. The molecule has 1 N–H and O–H groups in total. The highest BCUT2D eigenvalue weighted by Gasteiger charge is 2.17. The van der Waals surface area contributed by atoms with E-state index in [1.54, 1.807) is 18.5 Å². The SMILES string of the molecule is CN(C)CCCNc1ncnc2c1c(-c1ccccc1)cn2-c1ccc(F)cc1. The first-order valence-electron chi connectivity index (χ1n) is 9.69. The quantitative estimate of drug-likeness (QED) is 0.470. The third kappa shape index (κ3) is 4.12. The maximum Gasteiger partial charge on any atom is 0.150 e. The van der Waals surface area contributed by atoms with Crippen molar-refractivity contribution in [1.82, 2.24) is 19.4 Å². The molecule has 2 aromatic heterocycles. The molecule has 2 heterocycles. The minimum atomic E-state index is -0.258. The van der Waals surface area contributed by atoms with Gasteiger partial charge in [-0.15, -0.1) is 0 Å². The van der Waals surface area contributed by atoms with E-state index in [0.717, 1.165) is 53.2 Å². The molecule has 29 heavy (non-hydrogen) atoms. The van der Waals surface area contributed by atoms with Crippen molar-refractivity contribution in [3.8, 4) is 16.8 Å². The molecule has 0 aliphatic rings. The number of hydrogen-bond donors (Lipinski definition) is 1. The van der Waals surface area contributed by atoms with Gasteiger partial charge in [-0.25, -0.2) is 14.4 Å². The number of nitrogens with zero attached hydrogens (tertiary/aromatic N) is 4. The summed E-state index contributed by atoms with van der Waals surface area (Å²) >= 11 is 0. The van der Waals surface area contributed by atoms with Crippen LogP contribution in [0.25, 0.3) is 27.8 Å². The molecule has 148 valence electrons. The maximum atomic E-state index is 13.4. The van der Waals surface area contributed by atoms with E-state index in [1.807, 2.05) is 29.0 Å². The summed E-state index contributed by atoms with van der Waals surface area (Å²) in [6.45, 7) is 1.82. The van der Waals surface area contributed by atoms with Crippen molar-refractivity contribution in [2.24, 2.45) is 0 Å². The summed E-state index contributed by atoms with van der Waals surface area (Å²) in [5.74, 6) is 0.555. The number of rotatable bonds is 7. The van der Waals surface area contributed by atoms with Crippen LogP contribution >= 0.6 is 0 Å². The van der Waals surface area contributed by atoms with Gasteiger partial charge in [-0.2, -0.15) is 0 Å². The van der Waals surface area contributed by atoms with Crippen LogP contribution in [-0.2, 0) is 0 Å². The number of hydrogen-bond acceptors (Lipinski definition) is 4. The fourth-order valence-electron chi connectivity index (χ4n) is 3.43. The van der Waals surface area contributed by atoms with Gasteiger partial charge in [-0.1, -0.05) is 30.3 Å². The molecule has 5 nitrogen and oxygen atoms in total. The van der Waals surface area contributed by atoms with Gasteiger partial charge in [-0.3, -0.25) is 0 Å². The Kier molecular flexibility index (Phi) is 5.53. The molecule has 0 radical (unpaired) electrons. The topological polar surface area (TPSA) is 46.0 Å². The summed E-state index contributed by atoms with van der Waals surface area (Å²) < 4.78 is 15.4. The van der Waals surface area contributed by atoms with Crippen molar-refractivity contribution >= 4 is 16.9 Å². The zero-order valence-corrected chi connectivity index (χ0v) is 16.6. The van der Waals surface area contributed by atoms with E-state index in [2.05, 4.69) is 46.4 Å². The summed E-state index contributed by atoms with van der Waals surface area (Å²) in [4.78, 5) is 11.2. The number of aromatic nitrogens is 3. The van der Waals surface area contributed by atoms with Gasteiger partial charge in [0.15, 0.2) is 5.65 Å². The minimum Gasteiger partial charge on any atom is -0.369 e. The number of nitrogens with one attached hydrogen (secondary N) is 1. The van der Waals surface area contributed by atoms with Crippen LogP contribution in [0.4, 0.5) is 10.2 Å². The first-order valence-corrected chi connectivity index (χ1v) is 9.69. The van der Waals surface area contributed by atoms with Crippen LogP contribution in [0, 0.1) is 5.82 Å². The van der Waals surface area contributed by atoms with Gasteiger partial charge >= 0.3 is 0 Å². The van der Waals surface area contributed by atoms with E-state index in [0.29, 0.717) is 0 Å². The first-order chi connectivity index (χ1) is 14.1. The molecule has 0 aliphatic heterocycles. The van der Waals surface area contributed by atoms with Gasteiger partial charge in [0.1, 0.15) is 18.0 Å². The van der Waals surface area contributed by atoms with E-state index in [4.69, 9.17) is 0 Å². The van der Waals surface area contributed by atoms with Crippen LogP contribution in [-0.4, -0.2) is 46.6 Å². The van der Waals surface area contributed by atoms with Crippen molar-refractivity contribution in [1.29, 1.82) is 0 Å². The number of fused-ring (bicyclic) bond motifs is 1. The molecule has 0 saturated heterocycles. The molecule has 4 aromatic rings. The third-order valence-corrected chi connectivity index (χ3v) is 4.85. The Bertz CT molecular complexity index is 1090. The van der Waals surface area contributed by atoms with E-state index < -0.39 is 0 Å². The van der Waals surface area contributed by atoms with Crippen LogP contribution in [0.5, 0.6) is 0 Å². The van der Waals surface area contributed by atoms with Gasteiger partial charge in [-0.05, 0) is 56.9 Å². The maximum absolute atomic E-state index is 13.4. The second kappa shape index (κ2) is 8.41. The Hall–Kier alpha value is -3.25. The molecule has 0 amide bonds. The molecule has 0 aliphatic carbocycles. The molecule has 0 atom stereocenters. The second-order valence-corrected chi connectivity index (χ2v) is 7.26. The monoisotopic (exact) mass is 389 g/mol. The van der Waals surface area contributed by atoms with E-state index in [1.165, 1.54) is 12.1 Å².